The molecule has 1 aromatic carbocycles. The van der Waals surface area contributed by atoms with Crippen LogP contribution in [0.15, 0.2) is 30.3 Å². The number of carbonyl (C=O) groups excluding carboxylic acids is 1. The Labute approximate surface area is 156 Å². The zero-order valence-electron chi connectivity index (χ0n) is 15.6. The van der Waals surface area contributed by atoms with E-state index in [0.29, 0.717) is 31.7 Å². The highest BCUT2D eigenvalue weighted by molar-refractivity contribution is 5.84. The molecule has 0 spiro atoms. The number of amides is 1. The number of hydrogen-bond donors (Lipinski definition) is 2. The maximum atomic E-state index is 13.0. The van der Waals surface area contributed by atoms with Crippen LogP contribution in [0.4, 0.5) is 0 Å². The normalized spacial score (nSPS) is 29.2. The van der Waals surface area contributed by atoms with Crippen molar-refractivity contribution in [3.8, 4) is 0 Å². The molecule has 3 aliphatic rings. The summed E-state index contributed by atoms with van der Waals surface area (Å²) in [5.41, 5.74) is 0.933. The number of nitrogens with zero attached hydrogens (tertiary/aromatic N) is 1. The first-order chi connectivity index (χ1) is 12.8. The molecule has 0 bridgehead atoms. The molecule has 5 heteroatoms. The Morgan fingerprint density at radius 1 is 1.27 bits per heavy atom. The SMILES string of the molecule is O=C(NCCOCc1ccccc1)[C@]12CNC[C@H]1CN(C1CCCC1)C2. The molecule has 0 radical (unpaired) electrons. The zero-order chi connectivity index (χ0) is 17.8. The topological polar surface area (TPSA) is 53.6 Å². The molecular formula is C21H31N3O2. The smallest absolute Gasteiger partial charge is 0.229 e. The van der Waals surface area contributed by atoms with Crippen molar-refractivity contribution in [3.05, 3.63) is 35.9 Å². The third-order valence-corrected chi connectivity index (χ3v) is 6.49. The maximum Gasteiger partial charge on any atom is 0.229 e. The first kappa shape index (κ1) is 18.0. The molecule has 2 heterocycles. The second kappa shape index (κ2) is 8.07. The molecule has 2 saturated heterocycles. The Kier molecular flexibility index (Phi) is 5.57. The molecule has 0 unspecified atom stereocenters. The van der Waals surface area contributed by atoms with Crippen LogP contribution >= 0.6 is 0 Å². The van der Waals surface area contributed by atoms with Crippen molar-refractivity contribution in [1.82, 2.24) is 15.5 Å². The van der Waals surface area contributed by atoms with Gasteiger partial charge in [-0.1, -0.05) is 43.2 Å². The molecular weight excluding hydrogens is 326 g/mol. The summed E-state index contributed by atoms with van der Waals surface area (Å²) in [7, 11) is 0. The van der Waals surface area contributed by atoms with Crippen LogP contribution in [0.25, 0.3) is 0 Å². The summed E-state index contributed by atoms with van der Waals surface area (Å²) in [6.45, 7) is 5.53. The van der Waals surface area contributed by atoms with E-state index in [1.807, 2.05) is 18.2 Å². The second-order valence-corrected chi connectivity index (χ2v) is 8.15. The lowest BCUT2D eigenvalue weighted by Crippen LogP contribution is -2.48. The highest BCUT2D eigenvalue weighted by Crippen LogP contribution is 2.42. The molecule has 142 valence electrons. The van der Waals surface area contributed by atoms with Gasteiger partial charge in [-0.3, -0.25) is 9.69 Å². The average Bonchev–Trinajstić information content (AvgIpc) is 3.37. The first-order valence-electron chi connectivity index (χ1n) is 10.1. The van der Waals surface area contributed by atoms with Gasteiger partial charge in [-0.15, -0.1) is 0 Å². The highest BCUT2D eigenvalue weighted by atomic mass is 16.5. The highest BCUT2D eigenvalue weighted by Gasteiger charge is 2.55. The van der Waals surface area contributed by atoms with Gasteiger partial charge in [-0.2, -0.15) is 0 Å². The molecule has 1 saturated carbocycles. The van der Waals surface area contributed by atoms with E-state index in [-0.39, 0.29) is 11.3 Å². The standard InChI is InChI=1S/C21H31N3O2/c25-20(23-10-11-26-14-17-6-2-1-3-7-17)21-15-22-12-18(21)13-24(16-21)19-8-4-5-9-19/h1-3,6-7,18-19,22H,4-5,8-16H2,(H,23,25)/t18-,21-/m0/s1. The van der Waals surface area contributed by atoms with Crippen molar-refractivity contribution in [3.63, 3.8) is 0 Å². The minimum absolute atomic E-state index is 0.219. The van der Waals surface area contributed by atoms with Crippen LogP contribution in [0.5, 0.6) is 0 Å². The Morgan fingerprint density at radius 2 is 2.08 bits per heavy atom. The van der Waals surface area contributed by atoms with E-state index in [1.54, 1.807) is 0 Å². The van der Waals surface area contributed by atoms with E-state index in [1.165, 1.54) is 31.2 Å². The first-order valence-corrected chi connectivity index (χ1v) is 10.1. The van der Waals surface area contributed by atoms with E-state index in [2.05, 4.69) is 27.7 Å². The number of rotatable bonds is 7. The molecule has 0 aromatic heterocycles. The third kappa shape index (κ3) is 3.66. The summed E-state index contributed by atoms with van der Waals surface area (Å²) in [5.74, 6) is 0.671. The molecule has 1 aliphatic carbocycles. The average molecular weight is 357 g/mol. The molecule has 2 atom stereocenters. The summed E-state index contributed by atoms with van der Waals surface area (Å²) in [6, 6.07) is 10.9. The van der Waals surface area contributed by atoms with Crippen LogP contribution in [0.3, 0.4) is 0 Å². The molecule has 2 N–H and O–H groups in total. The molecule has 26 heavy (non-hydrogen) atoms. The largest absolute Gasteiger partial charge is 0.375 e. The number of ether oxygens (including phenoxy) is 1. The number of nitrogens with one attached hydrogen (secondary N) is 2. The van der Waals surface area contributed by atoms with Gasteiger partial charge in [0.05, 0.1) is 18.6 Å². The monoisotopic (exact) mass is 357 g/mol. The van der Waals surface area contributed by atoms with Gasteiger partial charge in [0.2, 0.25) is 5.91 Å². The minimum Gasteiger partial charge on any atom is -0.375 e. The summed E-state index contributed by atoms with van der Waals surface area (Å²) in [6.07, 6.45) is 5.32. The van der Waals surface area contributed by atoms with E-state index in [4.69, 9.17) is 4.74 Å². The van der Waals surface area contributed by atoms with Crippen LogP contribution in [0.2, 0.25) is 0 Å². The lowest BCUT2D eigenvalue weighted by atomic mass is 9.80. The summed E-state index contributed by atoms with van der Waals surface area (Å²) in [5, 5.41) is 6.62. The zero-order valence-corrected chi connectivity index (χ0v) is 15.6. The Hall–Kier alpha value is -1.43. The summed E-state index contributed by atoms with van der Waals surface area (Å²) < 4.78 is 5.70. The molecule has 5 nitrogen and oxygen atoms in total. The number of benzene rings is 1. The fourth-order valence-corrected chi connectivity index (χ4v) is 5.01. The Bertz CT molecular complexity index is 603. The number of likely N-dealkylation sites (tertiary alicyclic amines) is 1. The van der Waals surface area contributed by atoms with E-state index in [0.717, 1.165) is 26.2 Å². The van der Waals surface area contributed by atoms with Crippen molar-refractivity contribution < 1.29 is 9.53 Å². The van der Waals surface area contributed by atoms with Crippen LogP contribution in [0, 0.1) is 11.3 Å². The van der Waals surface area contributed by atoms with Crippen LogP contribution < -0.4 is 10.6 Å². The van der Waals surface area contributed by atoms with Gasteiger partial charge >= 0.3 is 0 Å². The van der Waals surface area contributed by atoms with Crippen molar-refractivity contribution in [1.29, 1.82) is 0 Å². The molecule has 1 amide bonds. The van der Waals surface area contributed by atoms with E-state index >= 15 is 0 Å². The molecule has 1 aromatic rings. The minimum atomic E-state index is -0.234. The Balaban J connectivity index is 1.25. The van der Waals surface area contributed by atoms with Gasteiger partial charge < -0.3 is 15.4 Å². The Morgan fingerprint density at radius 3 is 2.88 bits per heavy atom. The molecule has 4 rings (SSSR count). The summed E-state index contributed by atoms with van der Waals surface area (Å²) in [4.78, 5) is 15.6. The lowest BCUT2D eigenvalue weighted by Gasteiger charge is -2.29. The lowest BCUT2D eigenvalue weighted by molar-refractivity contribution is -0.131. The predicted molar refractivity (Wildman–Crippen MR) is 102 cm³/mol. The number of carbonyl (C=O) groups is 1. The predicted octanol–water partition coefficient (Wildman–Crippen LogP) is 1.78. The van der Waals surface area contributed by atoms with E-state index in [9.17, 15) is 4.79 Å². The van der Waals surface area contributed by atoms with Gasteiger partial charge in [-0.05, 0) is 18.4 Å². The number of fused-ring (bicyclic) bond motifs is 1. The van der Waals surface area contributed by atoms with E-state index < -0.39 is 0 Å². The third-order valence-electron chi connectivity index (χ3n) is 6.49. The van der Waals surface area contributed by atoms with Gasteiger partial charge in [0.1, 0.15) is 0 Å². The van der Waals surface area contributed by atoms with Gasteiger partial charge in [0, 0.05) is 44.7 Å². The molecule has 3 fully saturated rings. The molecule has 2 aliphatic heterocycles. The van der Waals surface area contributed by atoms with Crippen molar-refractivity contribution in [2.24, 2.45) is 11.3 Å². The van der Waals surface area contributed by atoms with Crippen molar-refractivity contribution >= 4 is 5.91 Å². The van der Waals surface area contributed by atoms with Gasteiger partial charge in [0.25, 0.3) is 0 Å². The fourth-order valence-electron chi connectivity index (χ4n) is 5.01. The van der Waals surface area contributed by atoms with Crippen molar-refractivity contribution in [2.75, 3.05) is 39.3 Å². The van der Waals surface area contributed by atoms with Gasteiger partial charge in [0.15, 0.2) is 0 Å². The van der Waals surface area contributed by atoms with Crippen LogP contribution in [-0.2, 0) is 16.1 Å². The van der Waals surface area contributed by atoms with Crippen LogP contribution in [-0.4, -0.2) is 56.2 Å². The fraction of sp³-hybridized carbons (Fsp3) is 0.667. The number of hydrogen-bond acceptors (Lipinski definition) is 4. The summed E-state index contributed by atoms with van der Waals surface area (Å²) >= 11 is 0. The van der Waals surface area contributed by atoms with Crippen LogP contribution in [0.1, 0.15) is 31.2 Å². The van der Waals surface area contributed by atoms with Gasteiger partial charge in [-0.25, -0.2) is 0 Å². The maximum absolute atomic E-state index is 13.0. The quantitative estimate of drug-likeness (QED) is 0.731. The second-order valence-electron chi connectivity index (χ2n) is 8.15. The van der Waals surface area contributed by atoms with Crippen molar-refractivity contribution in [2.45, 2.75) is 38.3 Å².